The Balaban J connectivity index is 1.49. The molecule has 0 radical (unpaired) electrons. The molecule has 7 heteroatoms. The van der Waals surface area contributed by atoms with Gasteiger partial charge in [-0.25, -0.2) is 4.79 Å². The van der Waals surface area contributed by atoms with Gasteiger partial charge in [-0.3, -0.25) is 4.79 Å². The summed E-state index contributed by atoms with van der Waals surface area (Å²) in [5, 5.41) is 3.89. The fourth-order valence-electron chi connectivity index (χ4n) is 3.73. The second kappa shape index (κ2) is 9.54. The van der Waals surface area contributed by atoms with Crippen LogP contribution in [0.2, 0.25) is 5.02 Å². The zero-order chi connectivity index (χ0) is 21.8. The lowest BCUT2D eigenvalue weighted by molar-refractivity contribution is -0.123. The van der Waals surface area contributed by atoms with Crippen molar-refractivity contribution in [2.45, 2.75) is 32.3 Å². The molecule has 31 heavy (non-hydrogen) atoms. The average molecular weight is 442 g/mol. The van der Waals surface area contributed by atoms with Crippen molar-refractivity contribution < 1.29 is 18.7 Å². The van der Waals surface area contributed by atoms with E-state index in [9.17, 15) is 9.59 Å². The number of halogens is 1. The second-order valence-electron chi connectivity index (χ2n) is 7.66. The van der Waals surface area contributed by atoms with E-state index in [0.717, 1.165) is 36.0 Å². The van der Waals surface area contributed by atoms with Gasteiger partial charge in [0.1, 0.15) is 11.3 Å². The molecule has 0 unspecified atom stereocenters. The highest BCUT2D eigenvalue weighted by molar-refractivity contribution is 6.32. The second-order valence-corrected chi connectivity index (χ2v) is 8.07. The molecule has 2 aromatic carbocycles. The van der Waals surface area contributed by atoms with Crippen molar-refractivity contribution in [3.63, 3.8) is 0 Å². The molecule has 1 saturated heterocycles. The van der Waals surface area contributed by atoms with Crippen LogP contribution in [0.5, 0.6) is 5.75 Å². The largest absolute Gasteiger partial charge is 0.482 e. The molecule has 162 valence electrons. The summed E-state index contributed by atoms with van der Waals surface area (Å²) in [5.41, 5.74) is 2.42. The molecule has 1 aliphatic heterocycles. The maximum Gasteiger partial charge on any atom is 0.340 e. The van der Waals surface area contributed by atoms with Gasteiger partial charge in [-0.15, -0.1) is 0 Å². The third kappa shape index (κ3) is 5.09. The molecule has 3 aromatic rings. The Morgan fingerprint density at radius 2 is 2.06 bits per heavy atom. The Morgan fingerprint density at radius 3 is 2.81 bits per heavy atom. The van der Waals surface area contributed by atoms with E-state index < -0.39 is 5.63 Å². The number of fused-ring (bicyclic) bond motifs is 1. The van der Waals surface area contributed by atoms with E-state index in [-0.39, 0.29) is 18.6 Å². The summed E-state index contributed by atoms with van der Waals surface area (Å²) in [6.45, 7) is 2.90. The van der Waals surface area contributed by atoms with Crippen molar-refractivity contribution in [1.82, 2.24) is 5.32 Å². The van der Waals surface area contributed by atoms with Gasteiger partial charge < -0.3 is 19.2 Å². The van der Waals surface area contributed by atoms with E-state index in [0.29, 0.717) is 34.9 Å². The number of hydrogen-bond donors (Lipinski definition) is 1. The van der Waals surface area contributed by atoms with Crippen molar-refractivity contribution in [1.29, 1.82) is 0 Å². The first-order valence-electron chi connectivity index (χ1n) is 10.3. The highest BCUT2D eigenvalue weighted by Crippen LogP contribution is 2.32. The molecule has 1 fully saturated rings. The molecular formula is C24H24ClNO5. The number of rotatable bonds is 7. The van der Waals surface area contributed by atoms with E-state index in [1.807, 2.05) is 37.3 Å². The van der Waals surface area contributed by atoms with Gasteiger partial charge in [0.15, 0.2) is 6.61 Å². The standard InChI is InChI=1S/C24H24ClNO5/c1-15-18-11-20(25)22(30-14-23(27)26-13-17-8-5-9-29-17)12-21(18)31-24(28)19(15)10-16-6-3-2-4-7-16/h2-4,6-7,11-12,17H,5,8-10,13-14H2,1H3,(H,26,27)/t17-/m1/s1. The van der Waals surface area contributed by atoms with Crippen molar-refractivity contribution in [3.05, 3.63) is 74.6 Å². The lowest BCUT2D eigenvalue weighted by atomic mass is 9.99. The Morgan fingerprint density at radius 1 is 1.26 bits per heavy atom. The number of aryl methyl sites for hydroxylation is 1. The molecule has 0 bridgehead atoms. The molecule has 1 atom stereocenters. The molecular weight excluding hydrogens is 418 g/mol. The number of carbonyl (C=O) groups excluding carboxylic acids is 1. The number of nitrogens with one attached hydrogen (secondary N) is 1. The van der Waals surface area contributed by atoms with Crippen LogP contribution in [0.1, 0.15) is 29.5 Å². The normalized spacial score (nSPS) is 15.9. The van der Waals surface area contributed by atoms with Crippen molar-refractivity contribution >= 4 is 28.5 Å². The molecule has 1 aliphatic rings. The minimum atomic E-state index is -0.392. The molecule has 0 spiro atoms. The van der Waals surface area contributed by atoms with Gasteiger partial charge in [0.2, 0.25) is 0 Å². The number of hydrogen-bond acceptors (Lipinski definition) is 5. The summed E-state index contributed by atoms with van der Waals surface area (Å²) in [4.78, 5) is 24.7. The Labute approximate surface area is 185 Å². The van der Waals surface area contributed by atoms with Crippen LogP contribution in [0.3, 0.4) is 0 Å². The van der Waals surface area contributed by atoms with Crippen molar-refractivity contribution in [3.8, 4) is 5.75 Å². The number of amides is 1. The Kier molecular flexibility index (Phi) is 6.59. The maximum atomic E-state index is 12.6. The average Bonchev–Trinajstić information content (AvgIpc) is 3.29. The topological polar surface area (TPSA) is 77.8 Å². The summed E-state index contributed by atoms with van der Waals surface area (Å²) < 4.78 is 16.6. The lowest BCUT2D eigenvalue weighted by Gasteiger charge is -2.13. The van der Waals surface area contributed by atoms with Crippen LogP contribution < -0.4 is 15.7 Å². The van der Waals surface area contributed by atoms with E-state index in [1.165, 1.54) is 0 Å². The summed E-state index contributed by atoms with van der Waals surface area (Å²) >= 11 is 6.40. The van der Waals surface area contributed by atoms with Gasteiger partial charge in [-0.05, 0) is 37.0 Å². The minimum absolute atomic E-state index is 0.0653. The summed E-state index contributed by atoms with van der Waals surface area (Å²) in [7, 11) is 0. The predicted molar refractivity (Wildman–Crippen MR) is 119 cm³/mol. The van der Waals surface area contributed by atoms with E-state index >= 15 is 0 Å². The van der Waals surface area contributed by atoms with Gasteiger partial charge in [0.25, 0.3) is 5.91 Å². The first-order valence-corrected chi connectivity index (χ1v) is 10.7. The van der Waals surface area contributed by atoms with Crippen LogP contribution >= 0.6 is 11.6 Å². The fourth-order valence-corrected chi connectivity index (χ4v) is 3.95. The van der Waals surface area contributed by atoms with Crippen molar-refractivity contribution in [2.24, 2.45) is 0 Å². The maximum absolute atomic E-state index is 12.6. The third-order valence-electron chi connectivity index (χ3n) is 5.47. The smallest absolute Gasteiger partial charge is 0.340 e. The summed E-state index contributed by atoms with van der Waals surface area (Å²) in [6.07, 6.45) is 2.51. The van der Waals surface area contributed by atoms with Gasteiger partial charge in [0, 0.05) is 36.6 Å². The molecule has 2 heterocycles. The highest BCUT2D eigenvalue weighted by atomic mass is 35.5. The quantitative estimate of drug-likeness (QED) is 0.560. The van der Waals surface area contributed by atoms with E-state index in [2.05, 4.69) is 5.32 Å². The van der Waals surface area contributed by atoms with Crippen LogP contribution in [-0.2, 0) is 16.0 Å². The number of benzene rings is 2. The lowest BCUT2D eigenvalue weighted by Crippen LogP contribution is -2.35. The zero-order valence-corrected chi connectivity index (χ0v) is 18.0. The molecule has 0 saturated carbocycles. The number of carbonyl (C=O) groups is 1. The van der Waals surface area contributed by atoms with Crippen LogP contribution in [-0.4, -0.2) is 31.8 Å². The Hall–Kier alpha value is -2.83. The first-order chi connectivity index (χ1) is 15.0. The molecule has 6 nitrogen and oxygen atoms in total. The molecule has 4 rings (SSSR count). The van der Waals surface area contributed by atoms with Gasteiger partial charge >= 0.3 is 5.63 Å². The van der Waals surface area contributed by atoms with Gasteiger partial charge in [-0.2, -0.15) is 0 Å². The fraction of sp³-hybridized carbons (Fsp3) is 0.333. The van der Waals surface area contributed by atoms with Gasteiger partial charge in [-0.1, -0.05) is 41.9 Å². The summed E-state index contributed by atoms with van der Waals surface area (Å²) in [6, 6.07) is 13.0. The zero-order valence-electron chi connectivity index (χ0n) is 17.3. The third-order valence-corrected chi connectivity index (χ3v) is 5.77. The SMILES string of the molecule is Cc1c(Cc2ccccc2)c(=O)oc2cc(OCC(=O)NC[C@H]3CCCO3)c(Cl)cc12. The summed E-state index contributed by atoms with van der Waals surface area (Å²) in [5.74, 6) is 0.0299. The highest BCUT2D eigenvalue weighted by Gasteiger charge is 2.18. The molecule has 1 amide bonds. The van der Waals surface area contributed by atoms with E-state index in [1.54, 1.807) is 12.1 Å². The van der Waals surface area contributed by atoms with E-state index in [4.69, 9.17) is 25.5 Å². The number of ether oxygens (including phenoxy) is 2. The van der Waals surface area contributed by atoms with Crippen molar-refractivity contribution in [2.75, 3.05) is 19.8 Å². The minimum Gasteiger partial charge on any atom is -0.482 e. The van der Waals surface area contributed by atoms with Crippen LogP contribution in [0.4, 0.5) is 0 Å². The molecule has 0 aliphatic carbocycles. The monoisotopic (exact) mass is 441 g/mol. The van der Waals surface area contributed by atoms with Crippen LogP contribution in [0.15, 0.2) is 51.7 Å². The first kappa shape index (κ1) is 21.4. The van der Waals surface area contributed by atoms with Crippen LogP contribution in [0.25, 0.3) is 11.0 Å². The Bertz CT molecular complexity index is 1140. The predicted octanol–water partition coefficient (Wildman–Crippen LogP) is 4.02. The van der Waals surface area contributed by atoms with Crippen LogP contribution in [0, 0.1) is 6.92 Å². The molecule has 1 aromatic heterocycles. The molecule has 1 N–H and O–H groups in total. The van der Waals surface area contributed by atoms with Gasteiger partial charge in [0.05, 0.1) is 11.1 Å².